The fourth-order valence-corrected chi connectivity index (χ4v) is 4.44. The third-order valence-corrected chi connectivity index (χ3v) is 6.77. The molecule has 0 saturated heterocycles. The zero-order valence-electron chi connectivity index (χ0n) is 26.3. The first-order valence-electron chi connectivity index (χ1n) is 14.7. The third-order valence-electron chi connectivity index (χ3n) is 6.77. The quantitative estimate of drug-likeness (QED) is 0.118. The molecule has 0 bridgehead atoms. The summed E-state index contributed by atoms with van der Waals surface area (Å²) in [5, 5.41) is 21.7. The smallest absolute Gasteiger partial charge is 0.485 e. The van der Waals surface area contributed by atoms with Crippen LogP contribution in [-0.4, -0.2) is 51.2 Å². The summed E-state index contributed by atoms with van der Waals surface area (Å²) in [6.45, 7) is 3.28. The summed E-state index contributed by atoms with van der Waals surface area (Å²) >= 11 is 0. The normalized spacial score (nSPS) is 11.5. The number of unbranched alkanes of at least 4 members (excludes halogenated alkanes) is 1. The zero-order chi connectivity index (χ0) is 36.1. The van der Waals surface area contributed by atoms with Crippen LogP contribution in [0.25, 0.3) is 5.65 Å². The number of carboxylic acid groups (broad SMARTS) is 1. The van der Waals surface area contributed by atoms with E-state index < -0.39 is 41.8 Å². The molecule has 0 spiro atoms. The summed E-state index contributed by atoms with van der Waals surface area (Å²) in [6.07, 6.45) is -2.73. The van der Waals surface area contributed by atoms with Crippen molar-refractivity contribution in [3.8, 4) is 11.8 Å². The second kappa shape index (κ2) is 17.4. The average Bonchev–Trinajstić information content (AvgIpc) is 3.38. The number of rotatable bonds is 12. The number of ether oxygens (including phenoxy) is 2. The van der Waals surface area contributed by atoms with E-state index in [1.165, 1.54) is 6.07 Å². The molecular weight excluding hydrogens is 657 g/mol. The highest BCUT2D eigenvalue weighted by Crippen LogP contribution is 2.26. The Morgan fingerprint density at radius 2 is 1.69 bits per heavy atom. The van der Waals surface area contributed by atoms with Gasteiger partial charge in [0.2, 0.25) is 0 Å². The Bertz CT molecular complexity index is 1790. The van der Waals surface area contributed by atoms with Gasteiger partial charge in [0, 0.05) is 25.2 Å². The first-order valence-corrected chi connectivity index (χ1v) is 14.7. The maximum absolute atomic E-state index is 14.1. The summed E-state index contributed by atoms with van der Waals surface area (Å²) in [4.78, 5) is 39.2. The molecule has 0 aliphatic carbocycles. The first-order chi connectivity index (χ1) is 23.2. The Hall–Kier alpha value is -5.72. The molecular formula is C33H32F5N5O6. The standard InChI is InChI=1S/C31H31F2N5O4.C2HF3O2/c1-20-15-27(41-19-24-25(32)12-8-13-26(24)33)29-36-21(2)28(38(29)17-20)30(39)35-16-23(11-6-7-14-34)37-31(40)42-18-22-9-4-3-5-10-22;3-2(4,5)1(6)7/h3-5,8-10,12-13,15,17,23H,6-7,11,16,18-19H2,1-2H3,(H,35,39)(H,37,40);(H,6,7). The molecule has 0 aliphatic rings. The van der Waals surface area contributed by atoms with Crippen molar-refractivity contribution in [3.05, 3.63) is 101 Å². The fraction of sp³-hybridized carbons (Fsp3) is 0.303. The second-order valence-electron chi connectivity index (χ2n) is 10.6. The van der Waals surface area contributed by atoms with Gasteiger partial charge in [-0.25, -0.2) is 23.4 Å². The molecule has 4 aromatic rings. The number of pyridine rings is 1. The summed E-state index contributed by atoms with van der Waals surface area (Å²) in [5.41, 5.74) is 2.33. The number of nitrogens with one attached hydrogen (secondary N) is 2. The number of carbonyl (C=O) groups is 3. The molecule has 2 heterocycles. The highest BCUT2D eigenvalue weighted by Gasteiger charge is 2.38. The summed E-state index contributed by atoms with van der Waals surface area (Å²) < 4.78 is 72.6. The van der Waals surface area contributed by atoms with Crippen LogP contribution in [0.15, 0.2) is 60.8 Å². The predicted molar refractivity (Wildman–Crippen MR) is 164 cm³/mol. The van der Waals surface area contributed by atoms with E-state index in [1.54, 1.807) is 30.5 Å². The number of carbonyl (C=O) groups excluding carboxylic acids is 2. The topological polar surface area (TPSA) is 155 Å². The van der Waals surface area contributed by atoms with Crippen molar-refractivity contribution in [2.45, 2.75) is 58.5 Å². The SMILES string of the molecule is Cc1cc(OCc2c(F)cccc2F)c2nc(C)c(C(=O)NCC(CCCC#N)NC(=O)OCc3ccccc3)n2c1.O=C(O)C(F)(F)F. The molecule has 2 aromatic carbocycles. The number of nitriles is 1. The molecule has 1 unspecified atom stereocenters. The second-order valence-corrected chi connectivity index (χ2v) is 10.6. The first kappa shape index (κ1) is 37.7. The molecule has 49 heavy (non-hydrogen) atoms. The van der Waals surface area contributed by atoms with E-state index in [1.807, 2.05) is 30.3 Å². The highest BCUT2D eigenvalue weighted by atomic mass is 19.4. The van der Waals surface area contributed by atoms with Crippen LogP contribution in [-0.2, 0) is 22.7 Å². The number of halogens is 5. The van der Waals surface area contributed by atoms with E-state index in [-0.39, 0.29) is 36.8 Å². The number of amides is 2. The molecule has 0 aliphatic heterocycles. The predicted octanol–water partition coefficient (Wildman–Crippen LogP) is 6.16. The number of benzene rings is 2. The van der Waals surface area contributed by atoms with Gasteiger partial charge in [-0.2, -0.15) is 18.4 Å². The lowest BCUT2D eigenvalue weighted by molar-refractivity contribution is -0.192. The van der Waals surface area contributed by atoms with Gasteiger partial charge >= 0.3 is 18.2 Å². The van der Waals surface area contributed by atoms with Crippen molar-refractivity contribution in [2.24, 2.45) is 0 Å². The van der Waals surface area contributed by atoms with Gasteiger partial charge in [-0.1, -0.05) is 36.4 Å². The van der Waals surface area contributed by atoms with E-state index in [4.69, 9.17) is 24.6 Å². The van der Waals surface area contributed by atoms with Crippen molar-refractivity contribution >= 4 is 23.6 Å². The van der Waals surface area contributed by atoms with Crippen molar-refractivity contribution in [3.63, 3.8) is 0 Å². The van der Waals surface area contributed by atoms with E-state index in [0.29, 0.717) is 30.6 Å². The van der Waals surface area contributed by atoms with E-state index in [2.05, 4.69) is 21.7 Å². The van der Waals surface area contributed by atoms with Crippen molar-refractivity contribution in [2.75, 3.05) is 6.54 Å². The number of aliphatic carboxylic acids is 1. The molecule has 3 N–H and O–H groups in total. The van der Waals surface area contributed by atoms with Crippen LogP contribution in [0.3, 0.4) is 0 Å². The van der Waals surface area contributed by atoms with E-state index >= 15 is 0 Å². The Balaban J connectivity index is 0.000000838. The minimum atomic E-state index is -5.08. The zero-order valence-corrected chi connectivity index (χ0v) is 26.3. The molecule has 2 amide bonds. The number of nitrogens with zero attached hydrogens (tertiary/aromatic N) is 3. The number of imidazole rings is 1. The number of alkyl halides is 3. The number of carboxylic acids is 1. The largest absolute Gasteiger partial charge is 0.490 e. The van der Waals surface area contributed by atoms with Crippen LogP contribution < -0.4 is 15.4 Å². The maximum atomic E-state index is 14.1. The lowest BCUT2D eigenvalue weighted by Crippen LogP contribution is -2.44. The van der Waals surface area contributed by atoms with Crippen molar-refractivity contribution in [1.82, 2.24) is 20.0 Å². The monoisotopic (exact) mass is 689 g/mol. The molecule has 11 nitrogen and oxygen atoms in total. The Labute approximate surface area is 277 Å². The third kappa shape index (κ3) is 11.2. The van der Waals surface area contributed by atoms with Crippen LogP contribution in [0.4, 0.5) is 26.7 Å². The number of hydrogen-bond donors (Lipinski definition) is 3. The van der Waals surface area contributed by atoms with E-state index in [9.17, 15) is 31.5 Å². The lowest BCUT2D eigenvalue weighted by atomic mass is 10.1. The van der Waals surface area contributed by atoms with Gasteiger partial charge in [-0.3, -0.25) is 9.20 Å². The van der Waals surface area contributed by atoms with Crippen LogP contribution in [0.2, 0.25) is 0 Å². The van der Waals surface area contributed by atoms with Gasteiger partial charge in [0.1, 0.15) is 30.5 Å². The Morgan fingerprint density at radius 3 is 2.31 bits per heavy atom. The number of aromatic nitrogens is 2. The van der Waals surface area contributed by atoms with Gasteiger partial charge in [0.05, 0.1) is 17.3 Å². The molecule has 0 fully saturated rings. The average molecular weight is 690 g/mol. The lowest BCUT2D eigenvalue weighted by Gasteiger charge is -2.19. The molecule has 1 atom stereocenters. The minimum Gasteiger partial charge on any atom is -0.485 e. The summed E-state index contributed by atoms with van der Waals surface area (Å²) in [5.74, 6) is -4.38. The fourth-order valence-electron chi connectivity index (χ4n) is 4.44. The highest BCUT2D eigenvalue weighted by molar-refractivity contribution is 5.95. The molecule has 16 heteroatoms. The molecule has 4 rings (SSSR count). The van der Waals surface area contributed by atoms with E-state index in [0.717, 1.165) is 23.3 Å². The minimum absolute atomic E-state index is 0.0824. The van der Waals surface area contributed by atoms with Crippen LogP contribution in [0.1, 0.15) is 52.1 Å². The van der Waals surface area contributed by atoms with Gasteiger partial charge in [0.25, 0.3) is 5.91 Å². The van der Waals surface area contributed by atoms with Gasteiger partial charge in [-0.15, -0.1) is 0 Å². The van der Waals surface area contributed by atoms with Crippen LogP contribution >= 0.6 is 0 Å². The number of aryl methyl sites for hydroxylation is 2. The van der Waals surface area contributed by atoms with Gasteiger partial charge in [0.15, 0.2) is 11.4 Å². The van der Waals surface area contributed by atoms with Crippen LogP contribution in [0.5, 0.6) is 5.75 Å². The number of alkyl carbamates (subject to hydrolysis) is 1. The Kier molecular flexibility index (Phi) is 13.4. The molecule has 0 radical (unpaired) electrons. The maximum Gasteiger partial charge on any atom is 0.490 e. The number of hydrogen-bond acceptors (Lipinski definition) is 7. The summed E-state index contributed by atoms with van der Waals surface area (Å²) in [6, 6.07) is 16.1. The van der Waals surface area contributed by atoms with Crippen molar-refractivity contribution in [1.29, 1.82) is 5.26 Å². The summed E-state index contributed by atoms with van der Waals surface area (Å²) in [7, 11) is 0. The van der Waals surface area contributed by atoms with Gasteiger partial charge in [-0.05, 0) is 56.0 Å². The molecule has 2 aromatic heterocycles. The molecule has 260 valence electrons. The number of fused-ring (bicyclic) bond motifs is 1. The Morgan fingerprint density at radius 1 is 1.04 bits per heavy atom. The van der Waals surface area contributed by atoms with Gasteiger partial charge < -0.3 is 25.2 Å². The molecule has 0 saturated carbocycles. The van der Waals surface area contributed by atoms with Crippen molar-refractivity contribution < 1.29 is 50.9 Å². The van der Waals surface area contributed by atoms with Crippen LogP contribution in [0, 0.1) is 36.8 Å².